The van der Waals surface area contributed by atoms with Gasteiger partial charge in [0.1, 0.15) is 5.25 Å². The number of fused-ring (bicyclic) bond motifs is 1. The van der Waals surface area contributed by atoms with Crippen molar-refractivity contribution in [1.82, 2.24) is 4.98 Å². The van der Waals surface area contributed by atoms with E-state index in [1.54, 1.807) is 13.1 Å². The predicted molar refractivity (Wildman–Crippen MR) is 111 cm³/mol. The maximum absolute atomic E-state index is 11.2. The molecule has 0 bridgehead atoms. The van der Waals surface area contributed by atoms with Crippen molar-refractivity contribution in [3.8, 4) is 0 Å². The fraction of sp³-hybridized carbons (Fsp3) is 0.304. The van der Waals surface area contributed by atoms with Gasteiger partial charge in [0.15, 0.2) is 0 Å². The molecule has 4 heteroatoms. The minimum absolute atomic E-state index is 0.468. The smallest absolute Gasteiger partial charge is 0.316 e. The number of aromatic nitrogens is 1. The molecule has 0 spiro atoms. The van der Waals surface area contributed by atoms with E-state index < -0.39 is 11.2 Å². The van der Waals surface area contributed by atoms with Gasteiger partial charge in [0.25, 0.3) is 0 Å². The highest BCUT2D eigenvalue weighted by Crippen LogP contribution is 2.43. The van der Waals surface area contributed by atoms with E-state index in [1.165, 1.54) is 46.5 Å². The zero-order chi connectivity index (χ0) is 18.8. The number of pyridine rings is 1. The molecule has 3 aromatic rings. The molecule has 0 radical (unpaired) electrons. The normalized spacial score (nSPS) is 15.0. The Balaban J connectivity index is 1.58. The average molecular weight is 378 g/mol. The van der Waals surface area contributed by atoms with Gasteiger partial charge >= 0.3 is 5.97 Å². The van der Waals surface area contributed by atoms with E-state index >= 15 is 0 Å². The first kappa shape index (κ1) is 18.1. The van der Waals surface area contributed by atoms with Gasteiger partial charge in [-0.3, -0.25) is 9.78 Å². The van der Waals surface area contributed by atoms with Gasteiger partial charge in [0.2, 0.25) is 0 Å². The second kappa shape index (κ2) is 7.73. The topological polar surface area (TPSA) is 50.2 Å². The number of carboxylic acids is 1. The molecule has 1 aromatic heterocycles. The van der Waals surface area contributed by atoms with Crippen LogP contribution in [-0.4, -0.2) is 21.3 Å². The number of hydrogen-bond acceptors (Lipinski definition) is 3. The van der Waals surface area contributed by atoms with Gasteiger partial charge in [-0.25, -0.2) is 0 Å². The second-order valence-corrected chi connectivity index (χ2v) is 8.60. The number of rotatable bonds is 7. The largest absolute Gasteiger partial charge is 0.480 e. The van der Waals surface area contributed by atoms with Crippen molar-refractivity contribution >= 4 is 28.5 Å². The van der Waals surface area contributed by atoms with Crippen molar-refractivity contribution in [2.24, 2.45) is 0 Å². The molecule has 1 aliphatic carbocycles. The summed E-state index contributed by atoms with van der Waals surface area (Å²) in [4.78, 5) is 16.5. The Kier molecular flexibility index (Phi) is 5.17. The van der Waals surface area contributed by atoms with Gasteiger partial charge < -0.3 is 5.11 Å². The van der Waals surface area contributed by atoms with Crippen molar-refractivity contribution in [2.45, 2.75) is 48.7 Å². The van der Waals surface area contributed by atoms with Gasteiger partial charge in [0.05, 0.1) is 0 Å². The molecule has 138 valence electrons. The van der Waals surface area contributed by atoms with E-state index in [0.29, 0.717) is 0 Å². The fourth-order valence-electron chi connectivity index (χ4n) is 3.58. The zero-order valence-corrected chi connectivity index (χ0v) is 16.2. The van der Waals surface area contributed by atoms with Crippen LogP contribution in [0.25, 0.3) is 10.8 Å². The summed E-state index contributed by atoms with van der Waals surface area (Å²) < 4.78 is 0. The SMILES string of the molecule is CC(Sc1ccncc1CCc1ccc(C2CC2)c2ccccc12)C(=O)O. The number of carboxylic acid groups (broad SMARTS) is 1. The summed E-state index contributed by atoms with van der Waals surface area (Å²) in [7, 11) is 0. The Bertz CT molecular complexity index is 981. The standard InChI is InChI=1S/C23H23NO2S/c1-15(23(25)26)27-22-12-13-24-14-18(22)9-8-17-10-11-20(16-6-7-16)21-5-3-2-4-19(17)21/h2-5,10-16H,6-9H2,1H3,(H,25,26). The Morgan fingerprint density at radius 1 is 1.11 bits per heavy atom. The lowest BCUT2D eigenvalue weighted by Crippen LogP contribution is -2.11. The van der Waals surface area contributed by atoms with Crippen LogP contribution in [0.1, 0.15) is 42.4 Å². The fourth-order valence-corrected chi connectivity index (χ4v) is 4.51. The van der Waals surface area contributed by atoms with Crippen LogP contribution in [0.15, 0.2) is 59.8 Å². The van der Waals surface area contributed by atoms with Crippen molar-refractivity contribution in [3.05, 3.63) is 71.5 Å². The van der Waals surface area contributed by atoms with Gasteiger partial charge in [-0.2, -0.15) is 0 Å². The predicted octanol–water partition coefficient (Wildman–Crippen LogP) is 5.46. The first-order valence-corrected chi connectivity index (χ1v) is 10.3. The number of thioether (sulfide) groups is 1. The van der Waals surface area contributed by atoms with Crippen LogP contribution < -0.4 is 0 Å². The first-order chi connectivity index (χ1) is 13.1. The minimum atomic E-state index is -0.788. The molecule has 3 nitrogen and oxygen atoms in total. The molecule has 1 unspecified atom stereocenters. The maximum atomic E-state index is 11.2. The summed E-state index contributed by atoms with van der Waals surface area (Å²) in [5.74, 6) is -0.0489. The molecule has 1 atom stereocenters. The highest BCUT2D eigenvalue weighted by molar-refractivity contribution is 8.00. The average Bonchev–Trinajstić information content (AvgIpc) is 3.52. The Hall–Kier alpha value is -2.33. The van der Waals surface area contributed by atoms with E-state index in [1.807, 2.05) is 12.3 Å². The number of benzene rings is 2. The lowest BCUT2D eigenvalue weighted by molar-refractivity contribution is -0.136. The molecule has 27 heavy (non-hydrogen) atoms. The molecule has 1 saturated carbocycles. The number of nitrogens with zero attached hydrogens (tertiary/aromatic N) is 1. The Morgan fingerprint density at radius 3 is 2.59 bits per heavy atom. The summed E-state index contributed by atoms with van der Waals surface area (Å²) in [5.41, 5.74) is 3.95. The zero-order valence-electron chi connectivity index (χ0n) is 15.4. The van der Waals surface area contributed by atoms with Crippen LogP contribution in [0, 0.1) is 0 Å². The molecular weight excluding hydrogens is 354 g/mol. The second-order valence-electron chi connectivity index (χ2n) is 7.22. The van der Waals surface area contributed by atoms with Gasteiger partial charge in [0, 0.05) is 17.3 Å². The molecular formula is C23H23NO2S. The monoisotopic (exact) mass is 377 g/mol. The van der Waals surface area contributed by atoms with E-state index in [0.717, 1.165) is 29.2 Å². The van der Waals surface area contributed by atoms with E-state index in [2.05, 4.69) is 41.4 Å². The van der Waals surface area contributed by atoms with Crippen molar-refractivity contribution in [2.75, 3.05) is 0 Å². The minimum Gasteiger partial charge on any atom is -0.480 e. The van der Waals surface area contributed by atoms with Crippen LogP contribution in [-0.2, 0) is 17.6 Å². The van der Waals surface area contributed by atoms with Crippen molar-refractivity contribution in [1.29, 1.82) is 0 Å². The van der Waals surface area contributed by atoms with E-state index in [9.17, 15) is 9.90 Å². The Labute approximate surface area is 163 Å². The van der Waals surface area contributed by atoms with Gasteiger partial charge in [-0.15, -0.1) is 11.8 Å². The number of aryl methyl sites for hydroxylation is 2. The van der Waals surface area contributed by atoms with E-state index in [-0.39, 0.29) is 0 Å². The third kappa shape index (κ3) is 4.01. The van der Waals surface area contributed by atoms with Gasteiger partial charge in [-0.1, -0.05) is 36.4 Å². The highest BCUT2D eigenvalue weighted by atomic mass is 32.2. The maximum Gasteiger partial charge on any atom is 0.316 e. The lowest BCUT2D eigenvalue weighted by Gasteiger charge is -2.13. The summed E-state index contributed by atoms with van der Waals surface area (Å²) in [6.07, 6.45) is 8.00. The van der Waals surface area contributed by atoms with Crippen LogP contribution in [0.4, 0.5) is 0 Å². The summed E-state index contributed by atoms with van der Waals surface area (Å²) >= 11 is 1.39. The molecule has 1 fully saturated rings. The number of aliphatic carboxylic acids is 1. The highest BCUT2D eigenvalue weighted by Gasteiger charge is 2.25. The third-order valence-corrected chi connectivity index (χ3v) is 6.45. The molecule has 0 saturated heterocycles. The molecule has 2 aromatic carbocycles. The Morgan fingerprint density at radius 2 is 1.85 bits per heavy atom. The van der Waals surface area contributed by atoms with Crippen molar-refractivity contribution < 1.29 is 9.90 Å². The molecule has 1 aliphatic rings. The summed E-state index contributed by atoms with van der Waals surface area (Å²) in [5, 5.41) is 11.5. The van der Waals surface area contributed by atoms with Gasteiger partial charge in [-0.05, 0) is 72.1 Å². The molecule has 0 amide bonds. The summed E-state index contributed by atoms with van der Waals surface area (Å²) in [6.45, 7) is 1.72. The molecule has 0 aliphatic heterocycles. The van der Waals surface area contributed by atoms with Crippen LogP contribution in [0.5, 0.6) is 0 Å². The summed E-state index contributed by atoms with van der Waals surface area (Å²) in [6, 6.07) is 15.2. The molecule has 1 N–H and O–H groups in total. The number of hydrogen-bond donors (Lipinski definition) is 1. The van der Waals surface area contributed by atoms with Crippen LogP contribution >= 0.6 is 11.8 Å². The quantitative estimate of drug-likeness (QED) is 0.555. The van der Waals surface area contributed by atoms with E-state index in [4.69, 9.17) is 0 Å². The molecule has 4 rings (SSSR count). The van der Waals surface area contributed by atoms with Crippen LogP contribution in [0.3, 0.4) is 0 Å². The third-order valence-electron chi connectivity index (χ3n) is 5.24. The first-order valence-electron chi connectivity index (χ1n) is 9.46. The number of carbonyl (C=O) groups is 1. The lowest BCUT2D eigenvalue weighted by atomic mass is 9.94. The molecule has 1 heterocycles. The van der Waals surface area contributed by atoms with Crippen LogP contribution in [0.2, 0.25) is 0 Å². The van der Waals surface area contributed by atoms with Crippen molar-refractivity contribution in [3.63, 3.8) is 0 Å².